The monoisotopic (exact) mass is 300 g/mol. The zero-order valence-electron chi connectivity index (χ0n) is 12.8. The average molecular weight is 300 g/mol. The Kier molecular flexibility index (Phi) is 4.28. The number of benzene rings is 1. The molecule has 0 saturated carbocycles. The molecule has 0 amide bonds. The maximum absolute atomic E-state index is 5.86. The van der Waals surface area contributed by atoms with E-state index in [1.165, 1.54) is 5.56 Å². The lowest BCUT2D eigenvalue weighted by Gasteiger charge is -2.19. The second-order valence-corrected chi connectivity index (χ2v) is 6.52. The molecule has 0 bridgehead atoms. The molecule has 2 rings (SSSR count). The summed E-state index contributed by atoms with van der Waals surface area (Å²) in [6, 6.07) is 11.6. The molecule has 0 unspecified atom stereocenters. The lowest BCUT2D eigenvalue weighted by atomic mass is 9.87. The number of pyridine rings is 1. The molecule has 1 aromatic carbocycles. The first-order chi connectivity index (χ1) is 9.75. The van der Waals surface area contributed by atoms with Crippen molar-refractivity contribution < 1.29 is 4.74 Å². The zero-order chi connectivity index (χ0) is 15.6. The van der Waals surface area contributed by atoms with E-state index >= 15 is 0 Å². The lowest BCUT2D eigenvalue weighted by Crippen LogP contribution is -2.11. The summed E-state index contributed by atoms with van der Waals surface area (Å²) in [6.07, 6.45) is 0. The van der Waals surface area contributed by atoms with Crippen LogP contribution in [0.4, 0.5) is 0 Å². The Hall–Kier alpha value is -1.94. The predicted molar refractivity (Wildman–Crippen MR) is 90.1 cm³/mol. The van der Waals surface area contributed by atoms with Crippen LogP contribution in [-0.2, 0) is 5.41 Å². The van der Waals surface area contributed by atoms with Crippen molar-refractivity contribution in [1.29, 1.82) is 0 Å². The number of aryl methyl sites for hydroxylation is 1. The van der Waals surface area contributed by atoms with E-state index in [0.717, 1.165) is 17.0 Å². The molecular weight excluding hydrogens is 280 g/mol. The summed E-state index contributed by atoms with van der Waals surface area (Å²) in [5.74, 6) is 1.26. The summed E-state index contributed by atoms with van der Waals surface area (Å²) >= 11 is 5.01. The largest absolute Gasteiger partial charge is 0.439 e. The molecular formula is C17H20N2OS. The number of ether oxygens (including phenoxy) is 1. The van der Waals surface area contributed by atoms with Crippen LogP contribution < -0.4 is 10.5 Å². The summed E-state index contributed by atoms with van der Waals surface area (Å²) in [7, 11) is 0. The molecule has 4 heteroatoms. The Morgan fingerprint density at radius 1 is 1.19 bits per heavy atom. The molecule has 0 aliphatic carbocycles. The first-order valence-electron chi connectivity index (χ1n) is 6.82. The summed E-state index contributed by atoms with van der Waals surface area (Å²) in [5.41, 5.74) is 8.54. The van der Waals surface area contributed by atoms with Gasteiger partial charge in [0, 0.05) is 17.3 Å². The van der Waals surface area contributed by atoms with Crippen LogP contribution >= 0.6 is 12.2 Å². The molecule has 0 spiro atoms. The van der Waals surface area contributed by atoms with Crippen LogP contribution in [-0.4, -0.2) is 9.97 Å². The third-order valence-electron chi connectivity index (χ3n) is 3.14. The molecule has 2 aromatic rings. The van der Waals surface area contributed by atoms with E-state index in [0.29, 0.717) is 10.9 Å². The van der Waals surface area contributed by atoms with Crippen LogP contribution in [0.2, 0.25) is 0 Å². The summed E-state index contributed by atoms with van der Waals surface area (Å²) in [6.45, 7) is 8.40. The Morgan fingerprint density at radius 3 is 2.52 bits per heavy atom. The van der Waals surface area contributed by atoms with E-state index in [9.17, 15) is 0 Å². The second kappa shape index (κ2) is 5.82. The van der Waals surface area contributed by atoms with Crippen LogP contribution in [0.15, 0.2) is 36.4 Å². The van der Waals surface area contributed by atoms with Gasteiger partial charge >= 0.3 is 0 Å². The van der Waals surface area contributed by atoms with Crippen molar-refractivity contribution in [1.82, 2.24) is 4.98 Å². The van der Waals surface area contributed by atoms with E-state index in [1.807, 2.05) is 31.2 Å². The first-order valence-corrected chi connectivity index (χ1v) is 7.23. The van der Waals surface area contributed by atoms with Crippen LogP contribution in [0.5, 0.6) is 11.6 Å². The molecule has 1 heterocycles. The van der Waals surface area contributed by atoms with E-state index in [2.05, 4.69) is 31.8 Å². The fourth-order valence-electron chi connectivity index (χ4n) is 1.98. The normalized spacial score (nSPS) is 11.2. The van der Waals surface area contributed by atoms with Crippen molar-refractivity contribution in [2.45, 2.75) is 33.1 Å². The van der Waals surface area contributed by atoms with Gasteiger partial charge in [-0.05, 0) is 36.1 Å². The van der Waals surface area contributed by atoms with Gasteiger partial charge in [0.2, 0.25) is 5.88 Å². The smallest absolute Gasteiger partial charge is 0.220 e. The highest BCUT2D eigenvalue weighted by atomic mass is 32.1. The van der Waals surface area contributed by atoms with E-state index in [4.69, 9.17) is 22.7 Å². The van der Waals surface area contributed by atoms with Gasteiger partial charge in [0.15, 0.2) is 0 Å². The van der Waals surface area contributed by atoms with Gasteiger partial charge in [0.1, 0.15) is 10.7 Å². The quantitative estimate of drug-likeness (QED) is 0.866. The number of hydrogen-bond acceptors (Lipinski definition) is 3. The van der Waals surface area contributed by atoms with Crippen molar-refractivity contribution in [3.63, 3.8) is 0 Å². The molecule has 0 aliphatic rings. The Bertz CT molecular complexity index is 675. The fourth-order valence-corrected chi connectivity index (χ4v) is 2.10. The predicted octanol–water partition coefficient (Wildman–Crippen LogP) is 4.11. The van der Waals surface area contributed by atoms with Gasteiger partial charge in [-0.15, -0.1) is 0 Å². The first kappa shape index (κ1) is 15.4. The van der Waals surface area contributed by atoms with Gasteiger partial charge < -0.3 is 10.5 Å². The van der Waals surface area contributed by atoms with Gasteiger partial charge in [-0.1, -0.05) is 45.1 Å². The highest BCUT2D eigenvalue weighted by Gasteiger charge is 2.14. The van der Waals surface area contributed by atoms with Crippen molar-refractivity contribution in [2.24, 2.45) is 5.73 Å². The van der Waals surface area contributed by atoms with Crippen LogP contribution in [0.1, 0.15) is 37.6 Å². The minimum absolute atomic E-state index is 0.0728. The maximum atomic E-state index is 5.86. The molecule has 1 aromatic heterocycles. The van der Waals surface area contributed by atoms with E-state index in [-0.39, 0.29) is 5.41 Å². The van der Waals surface area contributed by atoms with Gasteiger partial charge in [-0.25, -0.2) is 4.98 Å². The Balaban J connectivity index is 2.32. The average Bonchev–Trinajstić information content (AvgIpc) is 2.37. The SMILES string of the molecule is Cc1cc(C(N)=S)cc(Oc2cccc(C(C)(C)C)c2)n1. The zero-order valence-corrected chi connectivity index (χ0v) is 13.6. The molecule has 3 nitrogen and oxygen atoms in total. The Labute approximate surface area is 131 Å². The Morgan fingerprint density at radius 2 is 1.90 bits per heavy atom. The molecule has 21 heavy (non-hydrogen) atoms. The molecule has 0 fully saturated rings. The maximum Gasteiger partial charge on any atom is 0.220 e. The molecule has 0 radical (unpaired) electrons. The number of hydrogen-bond donors (Lipinski definition) is 1. The summed E-state index contributed by atoms with van der Waals surface area (Å²) in [4.78, 5) is 4.71. The van der Waals surface area contributed by atoms with E-state index in [1.54, 1.807) is 6.07 Å². The summed E-state index contributed by atoms with van der Waals surface area (Å²) in [5, 5.41) is 0. The van der Waals surface area contributed by atoms with Crippen molar-refractivity contribution in [3.05, 3.63) is 53.2 Å². The van der Waals surface area contributed by atoms with Crippen LogP contribution in [0, 0.1) is 6.92 Å². The van der Waals surface area contributed by atoms with Gasteiger partial charge in [-0.3, -0.25) is 0 Å². The van der Waals surface area contributed by atoms with Crippen molar-refractivity contribution >= 4 is 17.2 Å². The number of nitrogens with two attached hydrogens (primary N) is 1. The molecule has 0 atom stereocenters. The van der Waals surface area contributed by atoms with Crippen molar-refractivity contribution in [2.75, 3.05) is 0 Å². The standard InChI is InChI=1S/C17H20N2OS/c1-11-8-12(16(18)21)9-15(19-11)20-14-7-5-6-13(10-14)17(2,3)4/h5-10H,1-4H3,(H2,18,21). The third-order valence-corrected chi connectivity index (χ3v) is 3.37. The second-order valence-electron chi connectivity index (χ2n) is 6.08. The van der Waals surface area contributed by atoms with Gasteiger partial charge in [-0.2, -0.15) is 0 Å². The molecule has 0 aliphatic heterocycles. The third kappa shape index (κ3) is 4.02. The van der Waals surface area contributed by atoms with Crippen molar-refractivity contribution in [3.8, 4) is 11.6 Å². The highest BCUT2D eigenvalue weighted by molar-refractivity contribution is 7.80. The number of thiocarbonyl (C=S) groups is 1. The highest BCUT2D eigenvalue weighted by Crippen LogP contribution is 2.28. The fraction of sp³-hybridized carbons (Fsp3) is 0.294. The molecule has 110 valence electrons. The van der Waals surface area contributed by atoms with Gasteiger partial charge in [0.05, 0.1) is 0 Å². The minimum atomic E-state index is 0.0728. The number of rotatable bonds is 3. The lowest BCUT2D eigenvalue weighted by molar-refractivity contribution is 0.458. The van der Waals surface area contributed by atoms with Crippen LogP contribution in [0.3, 0.4) is 0 Å². The number of aromatic nitrogens is 1. The topological polar surface area (TPSA) is 48.1 Å². The number of nitrogens with zero attached hydrogens (tertiary/aromatic N) is 1. The molecule has 0 saturated heterocycles. The minimum Gasteiger partial charge on any atom is -0.439 e. The van der Waals surface area contributed by atoms with Gasteiger partial charge in [0.25, 0.3) is 0 Å². The summed E-state index contributed by atoms with van der Waals surface area (Å²) < 4.78 is 5.86. The van der Waals surface area contributed by atoms with E-state index < -0.39 is 0 Å². The molecule has 2 N–H and O–H groups in total. The van der Waals surface area contributed by atoms with Crippen LogP contribution in [0.25, 0.3) is 0 Å².